The van der Waals surface area contributed by atoms with Crippen molar-refractivity contribution in [3.63, 3.8) is 0 Å². The van der Waals surface area contributed by atoms with Crippen LogP contribution in [0.15, 0.2) is 53.4 Å². The monoisotopic (exact) mass is 456 g/mol. The van der Waals surface area contributed by atoms with E-state index in [0.717, 1.165) is 19.3 Å². The number of rotatable bonds is 7. The fourth-order valence-corrected chi connectivity index (χ4v) is 6.29. The van der Waals surface area contributed by atoms with Gasteiger partial charge in [0.15, 0.2) is 0 Å². The van der Waals surface area contributed by atoms with Gasteiger partial charge in [-0.1, -0.05) is 24.3 Å². The summed E-state index contributed by atoms with van der Waals surface area (Å²) in [5.41, 5.74) is 2.75. The Morgan fingerprint density at radius 2 is 1.78 bits per heavy atom. The summed E-state index contributed by atoms with van der Waals surface area (Å²) in [6.07, 6.45) is 4.45. The van der Waals surface area contributed by atoms with Gasteiger partial charge in [-0.05, 0) is 74.4 Å². The van der Waals surface area contributed by atoms with Crippen molar-refractivity contribution in [2.75, 3.05) is 26.2 Å². The van der Waals surface area contributed by atoms with Crippen LogP contribution in [0.3, 0.4) is 0 Å². The second-order valence-corrected chi connectivity index (χ2v) is 10.6. The molecular formula is C25H32N2O4S. The van der Waals surface area contributed by atoms with Crippen LogP contribution in [0.4, 0.5) is 0 Å². The molecule has 2 aromatic carbocycles. The van der Waals surface area contributed by atoms with E-state index in [2.05, 4.69) is 29.6 Å². The zero-order valence-electron chi connectivity index (χ0n) is 18.6. The molecule has 1 unspecified atom stereocenters. The van der Waals surface area contributed by atoms with E-state index in [-0.39, 0.29) is 16.7 Å². The standard InChI is InChI=1S/C25H32N2O4S/c1-2-31-22-10-12-23(13-11-22)32(29,30)27-16-14-20(15-17-27)25(28)26-18-21-8-5-7-19-6-3-4-9-24(19)21/h3-4,6,9-13,20-21H,2,5,7-8,14-18H2,1H3,(H,26,28). The van der Waals surface area contributed by atoms with E-state index in [4.69, 9.17) is 4.74 Å². The number of fused-ring (bicyclic) bond motifs is 1. The van der Waals surface area contributed by atoms with E-state index in [1.807, 2.05) is 6.92 Å². The molecule has 1 atom stereocenters. The van der Waals surface area contributed by atoms with Crippen molar-refractivity contribution in [1.29, 1.82) is 0 Å². The predicted octanol–water partition coefficient (Wildman–Crippen LogP) is 3.72. The lowest BCUT2D eigenvalue weighted by molar-refractivity contribution is -0.126. The molecule has 1 aliphatic carbocycles. The predicted molar refractivity (Wildman–Crippen MR) is 124 cm³/mol. The highest BCUT2D eigenvalue weighted by atomic mass is 32.2. The zero-order valence-corrected chi connectivity index (χ0v) is 19.4. The van der Waals surface area contributed by atoms with E-state index >= 15 is 0 Å². The second kappa shape index (κ2) is 10.0. The number of carbonyl (C=O) groups excluding carboxylic acids is 1. The lowest BCUT2D eigenvalue weighted by atomic mass is 9.82. The molecule has 32 heavy (non-hydrogen) atoms. The van der Waals surface area contributed by atoms with Gasteiger partial charge in [-0.3, -0.25) is 4.79 Å². The third-order valence-electron chi connectivity index (χ3n) is 6.61. The maximum atomic E-state index is 13.0. The highest BCUT2D eigenvalue weighted by Crippen LogP contribution is 2.31. The number of hydrogen-bond donors (Lipinski definition) is 1. The molecule has 6 nitrogen and oxygen atoms in total. The van der Waals surface area contributed by atoms with Gasteiger partial charge >= 0.3 is 0 Å². The maximum Gasteiger partial charge on any atom is 0.243 e. The van der Waals surface area contributed by atoms with Crippen molar-refractivity contribution >= 4 is 15.9 Å². The highest BCUT2D eigenvalue weighted by molar-refractivity contribution is 7.89. The Bertz CT molecular complexity index is 1030. The summed E-state index contributed by atoms with van der Waals surface area (Å²) in [7, 11) is -3.56. The SMILES string of the molecule is CCOc1ccc(S(=O)(=O)N2CCC(C(=O)NCC3CCCc4ccccc43)CC2)cc1. The van der Waals surface area contributed by atoms with Crippen molar-refractivity contribution in [2.45, 2.75) is 49.8 Å². The number of carbonyl (C=O) groups is 1. The lowest BCUT2D eigenvalue weighted by Gasteiger charge is -2.31. The Kier molecular flexibility index (Phi) is 7.16. The van der Waals surface area contributed by atoms with Gasteiger partial charge in [0.05, 0.1) is 11.5 Å². The fraction of sp³-hybridized carbons (Fsp3) is 0.480. The molecule has 1 saturated heterocycles. The molecule has 1 aliphatic heterocycles. The molecule has 172 valence electrons. The van der Waals surface area contributed by atoms with Crippen LogP contribution in [0.1, 0.15) is 49.7 Å². The number of aryl methyl sites for hydroxylation is 1. The van der Waals surface area contributed by atoms with Crippen molar-refractivity contribution < 1.29 is 17.9 Å². The van der Waals surface area contributed by atoms with E-state index in [1.54, 1.807) is 24.3 Å². The molecule has 0 radical (unpaired) electrons. The number of nitrogens with zero attached hydrogens (tertiary/aromatic N) is 1. The van der Waals surface area contributed by atoms with Crippen molar-refractivity contribution in [3.8, 4) is 5.75 Å². The Morgan fingerprint density at radius 3 is 2.50 bits per heavy atom. The van der Waals surface area contributed by atoms with Gasteiger partial charge in [0.2, 0.25) is 15.9 Å². The molecule has 1 amide bonds. The van der Waals surface area contributed by atoms with Crippen molar-refractivity contribution in [3.05, 3.63) is 59.7 Å². The number of piperidine rings is 1. The third kappa shape index (κ3) is 4.99. The van der Waals surface area contributed by atoms with Gasteiger partial charge < -0.3 is 10.1 Å². The highest BCUT2D eigenvalue weighted by Gasteiger charge is 2.32. The maximum absolute atomic E-state index is 13.0. The lowest BCUT2D eigenvalue weighted by Crippen LogP contribution is -2.43. The van der Waals surface area contributed by atoms with E-state index < -0.39 is 10.0 Å². The Balaban J connectivity index is 1.30. The largest absolute Gasteiger partial charge is 0.494 e. The van der Waals surface area contributed by atoms with Crippen LogP contribution in [0.5, 0.6) is 5.75 Å². The minimum atomic E-state index is -3.56. The number of benzene rings is 2. The van der Waals surface area contributed by atoms with Crippen LogP contribution < -0.4 is 10.1 Å². The van der Waals surface area contributed by atoms with Gasteiger partial charge in [-0.25, -0.2) is 8.42 Å². The van der Waals surface area contributed by atoms with Crippen LogP contribution in [-0.4, -0.2) is 44.9 Å². The average Bonchev–Trinajstić information content (AvgIpc) is 2.83. The van der Waals surface area contributed by atoms with Crippen LogP contribution in [-0.2, 0) is 21.2 Å². The first-order valence-corrected chi connectivity index (χ1v) is 13.0. The normalized spacial score (nSPS) is 19.8. The summed E-state index contributed by atoms with van der Waals surface area (Å²) in [5, 5.41) is 3.15. The molecule has 0 bridgehead atoms. The molecule has 7 heteroatoms. The quantitative estimate of drug-likeness (QED) is 0.689. The minimum Gasteiger partial charge on any atom is -0.494 e. The molecule has 0 saturated carbocycles. The average molecular weight is 457 g/mol. The summed E-state index contributed by atoms with van der Waals surface area (Å²) in [4.78, 5) is 13.0. The summed E-state index contributed by atoms with van der Waals surface area (Å²) < 4.78 is 32.8. The molecule has 1 heterocycles. The molecule has 0 spiro atoms. The minimum absolute atomic E-state index is 0.0474. The first-order valence-electron chi connectivity index (χ1n) is 11.6. The third-order valence-corrected chi connectivity index (χ3v) is 8.53. The summed E-state index contributed by atoms with van der Waals surface area (Å²) in [5.74, 6) is 0.929. The molecule has 4 rings (SSSR count). The Morgan fingerprint density at radius 1 is 1.06 bits per heavy atom. The molecule has 2 aromatic rings. The van der Waals surface area contributed by atoms with E-state index in [0.29, 0.717) is 50.8 Å². The fourth-order valence-electron chi connectivity index (χ4n) is 4.82. The Labute approximate surface area is 191 Å². The van der Waals surface area contributed by atoms with Crippen molar-refractivity contribution in [1.82, 2.24) is 9.62 Å². The molecule has 2 aliphatic rings. The van der Waals surface area contributed by atoms with Gasteiger partial charge in [0, 0.05) is 31.5 Å². The summed E-state index contributed by atoms with van der Waals surface area (Å²) in [6, 6.07) is 15.0. The van der Waals surface area contributed by atoms with Crippen LogP contribution in [0.2, 0.25) is 0 Å². The van der Waals surface area contributed by atoms with Crippen LogP contribution in [0.25, 0.3) is 0 Å². The van der Waals surface area contributed by atoms with Gasteiger partial charge in [-0.2, -0.15) is 4.31 Å². The molecule has 1 fully saturated rings. The summed E-state index contributed by atoms with van der Waals surface area (Å²) >= 11 is 0. The van der Waals surface area contributed by atoms with E-state index in [9.17, 15) is 13.2 Å². The number of amides is 1. The number of nitrogens with one attached hydrogen (secondary N) is 1. The first kappa shape index (κ1) is 22.8. The topological polar surface area (TPSA) is 75.7 Å². The van der Waals surface area contributed by atoms with Gasteiger partial charge in [0.1, 0.15) is 5.75 Å². The van der Waals surface area contributed by atoms with Crippen molar-refractivity contribution in [2.24, 2.45) is 5.92 Å². The van der Waals surface area contributed by atoms with E-state index in [1.165, 1.54) is 15.4 Å². The smallest absolute Gasteiger partial charge is 0.243 e. The first-order chi connectivity index (χ1) is 15.5. The van der Waals surface area contributed by atoms with Crippen LogP contribution in [0, 0.1) is 5.92 Å². The van der Waals surface area contributed by atoms with Gasteiger partial charge in [0.25, 0.3) is 0 Å². The number of hydrogen-bond acceptors (Lipinski definition) is 4. The molecule has 1 N–H and O–H groups in total. The Hall–Kier alpha value is -2.38. The molecular weight excluding hydrogens is 424 g/mol. The number of sulfonamides is 1. The second-order valence-electron chi connectivity index (χ2n) is 8.62. The van der Waals surface area contributed by atoms with Gasteiger partial charge in [-0.15, -0.1) is 0 Å². The zero-order chi connectivity index (χ0) is 22.6. The number of ether oxygens (including phenoxy) is 1. The van der Waals surface area contributed by atoms with Crippen LogP contribution >= 0.6 is 0 Å². The molecule has 0 aromatic heterocycles. The summed E-state index contributed by atoms with van der Waals surface area (Å²) in [6.45, 7) is 3.80.